The van der Waals surface area contributed by atoms with Gasteiger partial charge in [0, 0.05) is 18.5 Å². The van der Waals surface area contributed by atoms with Crippen LogP contribution >= 0.6 is 23.2 Å². The molecule has 0 aromatic heterocycles. The lowest BCUT2D eigenvalue weighted by Gasteiger charge is -2.24. The normalized spacial score (nSPS) is 23.9. The number of amides is 1. The molecular weight excluding hydrogens is 325 g/mol. The summed E-state index contributed by atoms with van der Waals surface area (Å²) in [7, 11) is 0. The SMILES string of the molecule is Cc1cc(NC(=O)[C@H]2CC2(Cl)Cl)ccc1OC1CCOCC1. The Balaban J connectivity index is 1.60. The van der Waals surface area contributed by atoms with Crippen LogP contribution in [-0.2, 0) is 9.53 Å². The minimum atomic E-state index is -0.898. The van der Waals surface area contributed by atoms with Crippen LogP contribution in [0.5, 0.6) is 5.75 Å². The summed E-state index contributed by atoms with van der Waals surface area (Å²) in [6.07, 6.45) is 2.53. The van der Waals surface area contributed by atoms with E-state index in [0.29, 0.717) is 6.42 Å². The van der Waals surface area contributed by atoms with E-state index in [4.69, 9.17) is 32.7 Å². The summed E-state index contributed by atoms with van der Waals surface area (Å²) in [4.78, 5) is 12.0. The van der Waals surface area contributed by atoms with Crippen molar-refractivity contribution in [2.45, 2.75) is 36.6 Å². The maximum atomic E-state index is 12.0. The average molecular weight is 344 g/mol. The molecule has 1 saturated heterocycles. The first-order valence-electron chi connectivity index (χ1n) is 7.49. The van der Waals surface area contributed by atoms with Crippen molar-refractivity contribution in [2.75, 3.05) is 18.5 Å². The summed E-state index contributed by atoms with van der Waals surface area (Å²) >= 11 is 11.8. The molecule has 1 N–H and O–H groups in total. The lowest BCUT2D eigenvalue weighted by molar-refractivity contribution is -0.117. The Bertz CT molecular complexity index is 571. The third kappa shape index (κ3) is 3.67. The fourth-order valence-electron chi connectivity index (χ4n) is 2.56. The summed E-state index contributed by atoms with van der Waals surface area (Å²) in [6, 6.07) is 5.63. The molecular formula is C16H19Cl2NO3. The quantitative estimate of drug-likeness (QED) is 0.848. The predicted molar refractivity (Wildman–Crippen MR) is 86.8 cm³/mol. The van der Waals surface area contributed by atoms with Gasteiger partial charge in [-0.2, -0.15) is 0 Å². The minimum absolute atomic E-state index is 0.137. The minimum Gasteiger partial charge on any atom is -0.490 e. The smallest absolute Gasteiger partial charge is 0.230 e. The van der Waals surface area contributed by atoms with Gasteiger partial charge in [0.15, 0.2) is 0 Å². The molecule has 3 rings (SSSR count). The van der Waals surface area contributed by atoms with Crippen LogP contribution in [0.3, 0.4) is 0 Å². The van der Waals surface area contributed by atoms with E-state index in [9.17, 15) is 4.79 Å². The standard InChI is InChI=1S/C16H19Cl2NO3/c1-10-8-11(19-15(20)13-9-16(13,17)18)2-3-14(10)22-12-4-6-21-7-5-12/h2-3,8,12-13H,4-7,9H2,1H3,(H,19,20)/t13-/m1/s1. The number of benzene rings is 1. The lowest BCUT2D eigenvalue weighted by Crippen LogP contribution is -2.26. The summed E-state index contributed by atoms with van der Waals surface area (Å²) in [5, 5.41) is 2.85. The number of rotatable bonds is 4. The third-order valence-electron chi connectivity index (χ3n) is 4.05. The van der Waals surface area contributed by atoms with E-state index < -0.39 is 4.33 Å². The maximum absolute atomic E-state index is 12.0. The molecule has 22 heavy (non-hydrogen) atoms. The van der Waals surface area contributed by atoms with Crippen molar-refractivity contribution in [3.8, 4) is 5.75 Å². The Morgan fingerprint density at radius 2 is 2.05 bits per heavy atom. The van der Waals surface area contributed by atoms with Gasteiger partial charge >= 0.3 is 0 Å². The number of hydrogen-bond donors (Lipinski definition) is 1. The molecule has 1 aromatic rings. The van der Waals surface area contributed by atoms with Crippen LogP contribution in [-0.4, -0.2) is 29.6 Å². The van der Waals surface area contributed by atoms with E-state index in [1.807, 2.05) is 25.1 Å². The Labute approximate surface area is 140 Å². The first-order valence-corrected chi connectivity index (χ1v) is 8.25. The Morgan fingerprint density at radius 3 is 2.64 bits per heavy atom. The highest BCUT2D eigenvalue weighted by Crippen LogP contribution is 2.53. The Hall–Kier alpha value is -0.970. The molecule has 4 nitrogen and oxygen atoms in total. The van der Waals surface area contributed by atoms with Crippen LogP contribution in [0.15, 0.2) is 18.2 Å². The van der Waals surface area contributed by atoms with Crippen molar-refractivity contribution in [2.24, 2.45) is 5.92 Å². The van der Waals surface area contributed by atoms with E-state index in [0.717, 1.165) is 43.1 Å². The molecule has 1 saturated carbocycles. The number of carbonyl (C=O) groups is 1. The molecule has 0 bridgehead atoms. The predicted octanol–water partition coefficient (Wildman–Crippen LogP) is 3.69. The molecule has 1 aliphatic heterocycles. The second kappa shape index (κ2) is 6.26. The summed E-state index contributed by atoms with van der Waals surface area (Å²) in [5.74, 6) is 0.386. The molecule has 0 radical (unpaired) electrons. The molecule has 1 atom stereocenters. The van der Waals surface area contributed by atoms with Gasteiger partial charge in [-0.3, -0.25) is 4.79 Å². The fraction of sp³-hybridized carbons (Fsp3) is 0.562. The zero-order valence-corrected chi connectivity index (χ0v) is 13.9. The van der Waals surface area contributed by atoms with Gasteiger partial charge in [-0.05, 0) is 37.1 Å². The van der Waals surface area contributed by atoms with Crippen LogP contribution in [0.1, 0.15) is 24.8 Å². The van der Waals surface area contributed by atoms with Gasteiger partial charge in [-0.25, -0.2) is 0 Å². The molecule has 0 unspecified atom stereocenters. The number of nitrogens with one attached hydrogen (secondary N) is 1. The van der Waals surface area contributed by atoms with E-state index in [1.54, 1.807) is 0 Å². The highest BCUT2D eigenvalue weighted by molar-refractivity contribution is 6.52. The maximum Gasteiger partial charge on any atom is 0.230 e. The van der Waals surface area contributed by atoms with Gasteiger partial charge in [0.05, 0.1) is 19.1 Å². The third-order valence-corrected chi connectivity index (χ3v) is 4.88. The van der Waals surface area contributed by atoms with Gasteiger partial charge in [-0.15, -0.1) is 23.2 Å². The van der Waals surface area contributed by atoms with Crippen molar-refractivity contribution in [3.05, 3.63) is 23.8 Å². The summed E-state index contributed by atoms with van der Waals surface area (Å²) < 4.78 is 10.4. The van der Waals surface area contributed by atoms with E-state index in [1.165, 1.54) is 0 Å². The van der Waals surface area contributed by atoms with Gasteiger partial charge in [-0.1, -0.05) is 0 Å². The van der Waals surface area contributed by atoms with Gasteiger partial charge < -0.3 is 14.8 Å². The average Bonchev–Trinajstić information content (AvgIpc) is 3.12. The van der Waals surface area contributed by atoms with Crippen molar-refractivity contribution in [3.63, 3.8) is 0 Å². The first kappa shape index (κ1) is 15.9. The topological polar surface area (TPSA) is 47.6 Å². The van der Waals surface area contributed by atoms with Crippen molar-refractivity contribution in [1.82, 2.24) is 0 Å². The summed E-state index contributed by atoms with van der Waals surface area (Å²) in [6.45, 7) is 3.46. The number of ether oxygens (including phenoxy) is 2. The largest absolute Gasteiger partial charge is 0.490 e. The number of hydrogen-bond acceptors (Lipinski definition) is 3. The van der Waals surface area contributed by atoms with Crippen LogP contribution in [0, 0.1) is 12.8 Å². The zero-order valence-electron chi connectivity index (χ0n) is 12.4. The van der Waals surface area contributed by atoms with Crippen molar-refractivity contribution in [1.29, 1.82) is 0 Å². The molecule has 120 valence electrons. The molecule has 1 heterocycles. The first-order chi connectivity index (χ1) is 10.5. The second-order valence-electron chi connectivity index (χ2n) is 5.92. The number of halogens is 2. The van der Waals surface area contributed by atoms with Crippen LogP contribution in [0.2, 0.25) is 0 Å². The zero-order chi connectivity index (χ0) is 15.7. The molecule has 1 aromatic carbocycles. The second-order valence-corrected chi connectivity index (χ2v) is 7.46. The molecule has 2 fully saturated rings. The fourth-order valence-corrected chi connectivity index (χ4v) is 3.07. The van der Waals surface area contributed by atoms with E-state index in [-0.39, 0.29) is 17.9 Å². The summed E-state index contributed by atoms with van der Waals surface area (Å²) in [5.41, 5.74) is 1.72. The number of alkyl halides is 2. The van der Waals surface area contributed by atoms with Crippen molar-refractivity contribution >= 4 is 34.8 Å². The van der Waals surface area contributed by atoms with Gasteiger partial charge in [0.2, 0.25) is 5.91 Å². The molecule has 0 spiro atoms. The number of anilines is 1. The van der Waals surface area contributed by atoms with Crippen LogP contribution in [0.25, 0.3) is 0 Å². The van der Waals surface area contributed by atoms with Gasteiger partial charge in [0.25, 0.3) is 0 Å². The van der Waals surface area contributed by atoms with E-state index >= 15 is 0 Å². The monoisotopic (exact) mass is 343 g/mol. The molecule has 1 amide bonds. The highest BCUT2D eigenvalue weighted by Gasteiger charge is 2.56. The lowest BCUT2D eigenvalue weighted by atomic mass is 10.1. The number of aryl methyl sites for hydroxylation is 1. The molecule has 6 heteroatoms. The van der Waals surface area contributed by atoms with Gasteiger partial charge in [0.1, 0.15) is 16.2 Å². The van der Waals surface area contributed by atoms with Crippen molar-refractivity contribution < 1.29 is 14.3 Å². The Morgan fingerprint density at radius 1 is 1.36 bits per heavy atom. The Kier molecular flexibility index (Phi) is 4.53. The van der Waals surface area contributed by atoms with E-state index in [2.05, 4.69) is 5.32 Å². The highest BCUT2D eigenvalue weighted by atomic mass is 35.5. The van der Waals surface area contributed by atoms with Crippen LogP contribution < -0.4 is 10.1 Å². The molecule has 2 aliphatic rings. The van der Waals surface area contributed by atoms with Crippen LogP contribution in [0.4, 0.5) is 5.69 Å². The number of carbonyl (C=O) groups excluding carboxylic acids is 1. The molecule has 1 aliphatic carbocycles.